The van der Waals surface area contributed by atoms with E-state index in [-0.39, 0.29) is 25.4 Å². The third-order valence-electron chi connectivity index (χ3n) is 6.20. The van der Waals surface area contributed by atoms with Crippen LogP contribution >= 0.6 is 27.3 Å². The molecular formula is C29H30BrN3O8S. The molecule has 11 nitrogen and oxygen atoms in total. The Bertz CT molecular complexity index is 1710. The van der Waals surface area contributed by atoms with Crippen molar-refractivity contribution in [3.8, 4) is 17.2 Å². The first kappa shape index (κ1) is 31.0. The van der Waals surface area contributed by atoms with E-state index in [0.717, 1.165) is 15.8 Å². The van der Waals surface area contributed by atoms with Crippen LogP contribution in [-0.2, 0) is 19.1 Å². The van der Waals surface area contributed by atoms with Crippen LogP contribution in [0.1, 0.15) is 31.0 Å². The maximum Gasteiger partial charge on any atom is 0.338 e. The molecule has 2 heterocycles. The molecule has 0 spiro atoms. The fourth-order valence-corrected chi connectivity index (χ4v) is 5.85. The van der Waals surface area contributed by atoms with E-state index >= 15 is 0 Å². The Morgan fingerprint density at radius 1 is 1.14 bits per heavy atom. The predicted molar refractivity (Wildman–Crippen MR) is 160 cm³/mol. The van der Waals surface area contributed by atoms with Crippen LogP contribution in [0.15, 0.2) is 61.9 Å². The van der Waals surface area contributed by atoms with Crippen LogP contribution in [-0.4, -0.2) is 57.1 Å². The molecule has 2 aromatic carbocycles. The second kappa shape index (κ2) is 13.8. The molecular weight excluding hydrogens is 630 g/mol. The van der Waals surface area contributed by atoms with Crippen molar-refractivity contribution in [1.29, 1.82) is 0 Å². The highest BCUT2D eigenvalue weighted by molar-refractivity contribution is 9.10. The molecule has 0 saturated carbocycles. The average molecular weight is 661 g/mol. The molecule has 0 aliphatic carbocycles. The number of benzene rings is 2. The standard InChI is InChI=1S/C29H30BrN3O8S/c1-5-39-26-19(7-6-8-21(26)38-4)25-24(28(36)40-12-11-37-3)16(2)32-29-33(25)27(35)22(42-29)14-17-13-18(30)9-10-20(17)41-15-23(31)34/h6-10,13-14,25H,5,11-12,15H2,1-4H3,(H2,31,34)/b22-14+/t25-/m0/s1. The van der Waals surface area contributed by atoms with Gasteiger partial charge in [0.15, 0.2) is 22.9 Å². The van der Waals surface area contributed by atoms with Gasteiger partial charge in [-0.2, -0.15) is 0 Å². The number of hydrogen-bond donors (Lipinski definition) is 1. The summed E-state index contributed by atoms with van der Waals surface area (Å²) < 4.78 is 30.2. The van der Waals surface area contributed by atoms with Gasteiger partial charge in [-0.3, -0.25) is 14.2 Å². The fourth-order valence-electron chi connectivity index (χ4n) is 4.43. The summed E-state index contributed by atoms with van der Waals surface area (Å²) in [6.45, 7) is 3.76. The number of aromatic nitrogens is 1. The number of allylic oxidation sites excluding steroid dienone is 1. The number of hydrogen-bond acceptors (Lipinski definition) is 10. The van der Waals surface area contributed by atoms with E-state index < -0.39 is 23.5 Å². The largest absolute Gasteiger partial charge is 0.493 e. The molecule has 42 heavy (non-hydrogen) atoms. The van der Waals surface area contributed by atoms with Crippen LogP contribution in [0.4, 0.5) is 0 Å². The van der Waals surface area contributed by atoms with E-state index in [9.17, 15) is 14.4 Å². The Balaban J connectivity index is 1.96. The lowest BCUT2D eigenvalue weighted by molar-refractivity contribution is -0.140. The van der Waals surface area contributed by atoms with Gasteiger partial charge in [0, 0.05) is 22.7 Å². The molecule has 0 fully saturated rings. The number of carbonyl (C=O) groups excluding carboxylic acids is 2. The lowest BCUT2D eigenvalue weighted by Gasteiger charge is -2.27. The Hall–Kier alpha value is -3.94. The molecule has 1 amide bonds. The van der Waals surface area contributed by atoms with Crippen molar-refractivity contribution in [2.24, 2.45) is 10.7 Å². The van der Waals surface area contributed by atoms with E-state index in [2.05, 4.69) is 20.9 Å². The third kappa shape index (κ3) is 6.58. The summed E-state index contributed by atoms with van der Waals surface area (Å²) in [5, 5.41) is 0. The van der Waals surface area contributed by atoms with Gasteiger partial charge in [-0.05, 0) is 44.2 Å². The number of fused-ring (bicyclic) bond motifs is 1. The maximum absolute atomic E-state index is 14.1. The number of esters is 1. The van der Waals surface area contributed by atoms with Gasteiger partial charge in [-0.1, -0.05) is 39.4 Å². The zero-order valence-corrected chi connectivity index (χ0v) is 25.9. The highest BCUT2D eigenvalue weighted by Crippen LogP contribution is 2.40. The number of halogens is 1. The molecule has 13 heteroatoms. The van der Waals surface area contributed by atoms with Crippen molar-refractivity contribution in [3.05, 3.63) is 83.0 Å². The van der Waals surface area contributed by atoms with E-state index in [1.807, 2.05) is 6.92 Å². The van der Waals surface area contributed by atoms with Gasteiger partial charge in [0.25, 0.3) is 11.5 Å². The summed E-state index contributed by atoms with van der Waals surface area (Å²) in [4.78, 5) is 43.9. The highest BCUT2D eigenvalue weighted by Gasteiger charge is 2.36. The number of rotatable bonds is 12. The normalized spacial score (nSPS) is 14.7. The van der Waals surface area contributed by atoms with Crippen molar-refractivity contribution in [3.63, 3.8) is 0 Å². The number of methoxy groups -OCH3 is 2. The van der Waals surface area contributed by atoms with Gasteiger partial charge in [0.2, 0.25) is 0 Å². The van der Waals surface area contributed by atoms with Crippen LogP contribution in [0.2, 0.25) is 0 Å². The number of primary amides is 1. The number of thiazole rings is 1. The molecule has 0 saturated heterocycles. The van der Waals surface area contributed by atoms with E-state index in [1.165, 1.54) is 18.8 Å². The number of para-hydroxylation sites is 1. The van der Waals surface area contributed by atoms with Gasteiger partial charge in [-0.15, -0.1) is 0 Å². The maximum atomic E-state index is 14.1. The van der Waals surface area contributed by atoms with Gasteiger partial charge in [0.1, 0.15) is 18.4 Å². The predicted octanol–water partition coefficient (Wildman–Crippen LogP) is 2.46. The molecule has 222 valence electrons. The smallest absolute Gasteiger partial charge is 0.338 e. The minimum Gasteiger partial charge on any atom is -0.493 e. The van der Waals surface area contributed by atoms with Crippen molar-refractivity contribution in [2.75, 3.05) is 40.6 Å². The molecule has 1 atom stereocenters. The van der Waals surface area contributed by atoms with Gasteiger partial charge >= 0.3 is 5.97 Å². The second-order valence-electron chi connectivity index (χ2n) is 8.96. The zero-order valence-electron chi connectivity index (χ0n) is 23.5. The van der Waals surface area contributed by atoms with Crippen molar-refractivity contribution in [1.82, 2.24) is 4.57 Å². The number of ether oxygens (including phenoxy) is 5. The van der Waals surface area contributed by atoms with Crippen LogP contribution in [0, 0.1) is 0 Å². The minimum absolute atomic E-state index is 0.0245. The molecule has 0 radical (unpaired) electrons. The second-order valence-corrected chi connectivity index (χ2v) is 10.9. The summed E-state index contributed by atoms with van der Waals surface area (Å²) in [5.41, 5.74) is 6.52. The lowest BCUT2D eigenvalue weighted by atomic mass is 9.94. The average Bonchev–Trinajstić information content (AvgIpc) is 3.26. The number of nitrogens with zero attached hydrogens (tertiary/aromatic N) is 2. The Morgan fingerprint density at radius 3 is 2.62 bits per heavy atom. The van der Waals surface area contributed by atoms with Crippen molar-refractivity contribution in [2.45, 2.75) is 19.9 Å². The quantitative estimate of drug-likeness (QED) is 0.231. The van der Waals surface area contributed by atoms with E-state index in [1.54, 1.807) is 49.4 Å². The van der Waals surface area contributed by atoms with Gasteiger partial charge in [0.05, 0.1) is 36.1 Å². The third-order valence-corrected chi connectivity index (χ3v) is 7.68. The topological polar surface area (TPSA) is 141 Å². The van der Waals surface area contributed by atoms with Crippen molar-refractivity contribution >= 4 is 45.2 Å². The van der Waals surface area contributed by atoms with Gasteiger partial charge in [-0.25, -0.2) is 9.79 Å². The van der Waals surface area contributed by atoms with Crippen LogP contribution in [0.5, 0.6) is 17.2 Å². The molecule has 3 aromatic rings. The monoisotopic (exact) mass is 659 g/mol. The first-order valence-corrected chi connectivity index (χ1v) is 14.5. The van der Waals surface area contributed by atoms with E-state index in [0.29, 0.717) is 50.0 Å². The molecule has 1 aliphatic heterocycles. The molecule has 0 unspecified atom stereocenters. The summed E-state index contributed by atoms with van der Waals surface area (Å²) in [5.74, 6) is -0.0555. The first-order valence-electron chi connectivity index (χ1n) is 12.9. The van der Waals surface area contributed by atoms with E-state index in [4.69, 9.17) is 29.4 Å². The summed E-state index contributed by atoms with van der Waals surface area (Å²) in [7, 11) is 3.02. The summed E-state index contributed by atoms with van der Waals surface area (Å²) in [6, 6.07) is 9.53. The number of carbonyl (C=O) groups is 2. The Morgan fingerprint density at radius 2 is 1.93 bits per heavy atom. The lowest BCUT2D eigenvalue weighted by Crippen LogP contribution is -2.40. The number of amides is 1. The van der Waals surface area contributed by atoms with Crippen LogP contribution < -0.4 is 34.8 Å². The highest BCUT2D eigenvalue weighted by atomic mass is 79.9. The Labute approximate surface area is 253 Å². The van der Waals surface area contributed by atoms with Gasteiger partial charge < -0.3 is 29.4 Å². The number of nitrogens with two attached hydrogens (primary N) is 1. The molecule has 0 bridgehead atoms. The zero-order chi connectivity index (χ0) is 30.4. The molecule has 1 aliphatic rings. The summed E-state index contributed by atoms with van der Waals surface area (Å²) in [6.07, 6.45) is 1.65. The van der Waals surface area contributed by atoms with Crippen LogP contribution in [0.25, 0.3) is 6.08 Å². The summed E-state index contributed by atoms with van der Waals surface area (Å²) >= 11 is 4.59. The van der Waals surface area contributed by atoms with Crippen LogP contribution in [0.3, 0.4) is 0 Å². The molecule has 2 N–H and O–H groups in total. The SMILES string of the molecule is CCOc1c(OC)cccc1[C@H]1C(C(=O)OCCOC)=C(C)N=c2s/c(=C/c3cc(Br)ccc3OCC(N)=O)c(=O)n21. The molecule has 1 aromatic heterocycles. The molecule has 4 rings (SSSR count). The minimum atomic E-state index is -0.928. The fraction of sp³-hybridized carbons (Fsp3) is 0.310. The first-order chi connectivity index (χ1) is 20.2. The Kier molecular flexibility index (Phi) is 10.2. The van der Waals surface area contributed by atoms with Crippen molar-refractivity contribution < 1.29 is 33.3 Å².